The van der Waals surface area contributed by atoms with Crippen LogP contribution in [0.5, 0.6) is 0 Å². The molecule has 126 valence electrons. The molecule has 7 nitrogen and oxygen atoms in total. The first-order valence-corrected chi connectivity index (χ1v) is 9.82. The van der Waals surface area contributed by atoms with Crippen molar-refractivity contribution < 1.29 is 0 Å². The monoisotopic (exact) mass is 353 g/mol. The Hall–Kier alpha value is -1.61. The van der Waals surface area contributed by atoms with Crippen LogP contribution in [0.15, 0.2) is 28.9 Å². The number of nitrogens with two attached hydrogens (primary N) is 1. The number of thioether (sulfide) groups is 2. The summed E-state index contributed by atoms with van der Waals surface area (Å²) in [6, 6.07) is 0. The average Bonchev–Trinajstić information content (AvgIpc) is 3.22. The molecule has 5 N–H and O–H groups in total. The SMILES string of the molecule is CSc1nc[nH]c1CSCCNC(N)=NCCCc1cnc[nH]1. The van der Waals surface area contributed by atoms with E-state index >= 15 is 0 Å². The second-order valence-electron chi connectivity index (χ2n) is 4.82. The lowest BCUT2D eigenvalue weighted by Crippen LogP contribution is -2.33. The molecule has 0 bridgehead atoms. The van der Waals surface area contributed by atoms with Crippen LogP contribution in [0.25, 0.3) is 0 Å². The van der Waals surface area contributed by atoms with Crippen molar-refractivity contribution in [1.82, 2.24) is 25.3 Å². The Balaban J connectivity index is 1.52. The largest absolute Gasteiger partial charge is 0.370 e. The van der Waals surface area contributed by atoms with Gasteiger partial charge in [-0.15, -0.1) is 11.8 Å². The van der Waals surface area contributed by atoms with E-state index in [1.165, 1.54) is 5.69 Å². The van der Waals surface area contributed by atoms with E-state index in [1.807, 2.05) is 24.2 Å². The first-order chi connectivity index (χ1) is 11.3. The lowest BCUT2D eigenvalue weighted by atomic mass is 10.2. The third-order valence-corrected chi connectivity index (χ3v) is 4.84. The summed E-state index contributed by atoms with van der Waals surface area (Å²) in [7, 11) is 0. The molecule has 23 heavy (non-hydrogen) atoms. The standard InChI is InChI=1S/C14H23N7S2/c1-22-13-12(20-10-21-13)8-23-6-5-18-14(15)17-4-2-3-11-7-16-9-19-11/h7,9-10H,2-6,8H2,1H3,(H,16,19)(H,20,21)(H3,15,17,18). The molecule has 2 aromatic heterocycles. The van der Waals surface area contributed by atoms with E-state index in [2.05, 4.69) is 30.2 Å². The topological polar surface area (TPSA) is 108 Å². The van der Waals surface area contributed by atoms with Crippen molar-refractivity contribution in [1.29, 1.82) is 0 Å². The van der Waals surface area contributed by atoms with Gasteiger partial charge in [0.1, 0.15) is 5.03 Å². The van der Waals surface area contributed by atoms with E-state index in [9.17, 15) is 0 Å². The fourth-order valence-corrected chi connectivity index (χ4v) is 3.40. The summed E-state index contributed by atoms with van der Waals surface area (Å²) in [6.07, 6.45) is 9.21. The predicted octanol–water partition coefficient (Wildman–Crippen LogP) is 1.62. The van der Waals surface area contributed by atoms with Crippen LogP contribution in [0.1, 0.15) is 17.8 Å². The number of guanidine groups is 1. The van der Waals surface area contributed by atoms with Crippen molar-refractivity contribution in [3.63, 3.8) is 0 Å². The highest BCUT2D eigenvalue weighted by molar-refractivity contribution is 7.99. The van der Waals surface area contributed by atoms with Crippen molar-refractivity contribution in [2.45, 2.75) is 23.6 Å². The Bertz CT molecular complexity index is 580. The first kappa shape index (κ1) is 17.7. The van der Waals surface area contributed by atoms with Gasteiger partial charge in [-0.3, -0.25) is 4.99 Å². The molecule has 0 atom stereocenters. The molecule has 2 heterocycles. The molecule has 0 aromatic carbocycles. The molecule has 0 saturated heterocycles. The first-order valence-electron chi connectivity index (χ1n) is 7.44. The summed E-state index contributed by atoms with van der Waals surface area (Å²) in [5.74, 6) is 2.41. The van der Waals surface area contributed by atoms with Crippen molar-refractivity contribution in [3.05, 3.63) is 30.2 Å². The van der Waals surface area contributed by atoms with E-state index in [0.29, 0.717) is 5.96 Å². The van der Waals surface area contributed by atoms with Gasteiger partial charge in [0.25, 0.3) is 0 Å². The Morgan fingerprint density at radius 1 is 1.39 bits per heavy atom. The lowest BCUT2D eigenvalue weighted by molar-refractivity contribution is 0.806. The van der Waals surface area contributed by atoms with E-state index in [-0.39, 0.29) is 0 Å². The number of hydrogen-bond donors (Lipinski definition) is 4. The van der Waals surface area contributed by atoms with Gasteiger partial charge in [0.2, 0.25) is 0 Å². The summed E-state index contributed by atoms with van der Waals surface area (Å²) < 4.78 is 0. The van der Waals surface area contributed by atoms with Crippen LogP contribution in [0.2, 0.25) is 0 Å². The zero-order chi connectivity index (χ0) is 16.3. The van der Waals surface area contributed by atoms with Gasteiger partial charge in [0.15, 0.2) is 5.96 Å². The highest BCUT2D eigenvalue weighted by Crippen LogP contribution is 2.19. The van der Waals surface area contributed by atoms with Crippen LogP contribution in [0.3, 0.4) is 0 Å². The lowest BCUT2D eigenvalue weighted by Gasteiger charge is -2.05. The number of aromatic amines is 2. The van der Waals surface area contributed by atoms with Crippen LogP contribution < -0.4 is 11.1 Å². The second kappa shape index (κ2) is 10.2. The highest BCUT2D eigenvalue weighted by atomic mass is 32.2. The molecule has 0 aliphatic rings. The quantitative estimate of drug-likeness (QED) is 0.224. The zero-order valence-corrected chi connectivity index (χ0v) is 14.8. The number of nitrogens with one attached hydrogen (secondary N) is 3. The summed E-state index contributed by atoms with van der Waals surface area (Å²) in [4.78, 5) is 18.8. The second-order valence-corrected chi connectivity index (χ2v) is 6.72. The van der Waals surface area contributed by atoms with E-state index < -0.39 is 0 Å². The maximum absolute atomic E-state index is 5.85. The Morgan fingerprint density at radius 3 is 3.09 bits per heavy atom. The van der Waals surface area contributed by atoms with Crippen molar-refractivity contribution in [2.24, 2.45) is 10.7 Å². The summed E-state index contributed by atoms with van der Waals surface area (Å²) in [5.41, 5.74) is 8.16. The molecule has 0 fully saturated rings. The molecule has 0 aliphatic carbocycles. The number of aliphatic imine (C=N–C) groups is 1. The van der Waals surface area contributed by atoms with Crippen LogP contribution in [-0.2, 0) is 12.2 Å². The zero-order valence-electron chi connectivity index (χ0n) is 13.2. The van der Waals surface area contributed by atoms with E-state index in [1.54, 1.807) is 24.4 Å². The number of hydrogen-bond acceptors (Lipinski definition) is 5. The smallest absolute Gasteiger partial charge is 0.188 e. The molecule has 0 amide bonds. The molecule has 0 spiro atoms. The molecular weight excluding hydrogens is 330 g/mol. The Kier molecular flexibility index (Phi) is 7.88. The maximum atomic E-state index is 5.85. The number of aryl methyl sites for hydroxylation is 1. The third-order valence-electron chi connectivity index (χ3n) is 3.11. The van der Waals surface area contributed by atoms with Gasteiger partial charge in [-0.1, -0.05) is 0 Å². The van der Waals surface area contributed by atoms with Gasteiger partial charge < -0.3 is 21.0 Å². The predicted molar refractivity (Wildman–Crippen MR) is 97.9 cm³/mol. The van der Waals surface area contributed by atoms with Gasteiger partial charge in [-0.25, -0.2) is 9.97 Å². The minimum absolute atomic E-state index is 0.515. The number of imidazole rings is 2. The molecule has 0 radical (unpaired) electrons. The number of aromatic nitrogens is 4. The molecule has 0 saturated carbocycles. The van der Waals surface area contributed by atoms with Crippen LogP contribution in [-0.4, -0.2) is 51.0 Å². The summed E-state index contributed by atoms with van der Waals surface area (Å²) >= 11 is 3.50. The van der Waals surface area contributed by atoms with E-state index in [4.69, 9.17) is 5.73 Å². The summed E-state index contributed by atoms with van der Waals surface area (Å²) in [5, 5.41) is 4.21. The highest BCUT2D eigenvalue weighted by Gasteiger charge is 2.03. The fourth-order valence-electron chi connectivity index (χ4n) is 1.96. The van der Waals surface area contributed by atoms with Gasteiger partial charge in [-0.05, 0) is 19.1 Å². The molecule has 0 unspecified atom stereocenters. The number of rotatable bonds is 10. The molecule has 9 heteroatoms. The normalized spacial score (nSPS) is 11.8. The molecule has 2 aromatic rings. The van der Waals surface area contributed by atoms with Crippen molar-refractivity contribution in [3.8, 4) is 0 Å². The maximum Gasteiger partial charge on any atom is 0.188 e. The van der Waals surface area contributed by atoms with Crippen molar-refractivity contribution in [2.75, 3.05) is 25.1 Å². The van der Waals surface area contributed by atoms with Gasteiger partial charge in [-0.2, -0.15) is 11.8 Å². The minimum atomic E-state index is 0.515. The van der Waals surface area contributed by atoms with E-state index in [0.717, 1.165) is 48.2 Å². The Labute approximate surface area is 144 Å². The molecular formula is C14H23N7S2. The van der Waals surface area contributed by atoms with Gasteiger partial charge in [0, 0.05) is 36.5 Å². The van der Waals surface area contributed by atoms with Crippen molar-refractivity contribution >= 4 is 29.5 Å². The van der Waals surface area contributed by atoms with Gasteiger partial charge >= 0.3 is 0 Å². The van der Waals surface area contributed by atoms with Crippen LogP contribution in [0, 0.1) is 0 Å². The van der Waals surface area contributed by atoms with Crippen LogP contribution >= 0.6 is 23.5 Å². The summed E-state index contributed by atoms with van der Waals surface area (Å²) in [6.45, 7) is 1.53. The third kappa shape index (κ3) is 6.57. The Morgan fingerprint density at radius 2 is 2.30 bits per heavy atom. The minimum Gasteiger partial charge on any atom is -0.370 e. The number of nitrogens with zero attached hydrogens (tertiary/aromatic N) is 3. The van der Waals surface area contributed by atoms with Crippen LogP contribution in [0.4, 0.5) is 0 Å². The average molecular weight is 354 g/mol. The number of H-pyrrole nitrogens is 2. The molecule has 2 rings (SSSR count). The molecule has 0 aliphatic heterocycles. The van der Waals surface area contributed by atoms with Gasteiger partial charge in [0.05, 0.1) is 18.3 Å². The fraction of sp³-hybridized carbons (Fsp3) is 0.500.